The van der Waals surface area contributed by atoms with Crippen molar-refractivity contribution < 1.29 is 9.53 Å². The Morgan fingerprint density at radius 1 is 1.19 bits per heavy atom. The summed E-state index contributed by atoms with van der Waals surface area (Å²) in [4.78, 5) is 14.1. The van der Waals surface area contributed by atoms with Crippen LogP contribution in [0.5, 0.6) is 5.75 Å². The number of anilines is 2. The number of hydrogen-bond donors (Lipinski definition) is 1. The number of benzene rings is 2. The van der Waals surface area contributed by atoms with Crippen LogP contribution in [-0.2, 0) is 17.8 Å². The van der Waals surface area contributed by atoms with Crippen LogP contribution in [0.1, 0.15) is 17.5 Å². The summed E-state index contributed by atoms with van der Waals surface area (Å²) in [6, 6.07) is 13.5. The largest absolute Gasteiger partial charge is 0.496 e. The number of ether oxygens (including phenoxy) is 1. The molecule has 108 valence electrons. The van der Waals surface area contributed by atoms with Gasteiger partial charge in [0.25, 0.3) is 0 Å². The van der Waals surface area contributed by atoms with Gasteiger partial charge in [-0.05, 0) is 36.2 Å². The summed E-state index contributed by atoms with van der Waals surface area (Å²) in [6.45, 7) is 0.476. The van der Waals surface area contributed by atoms with E-state index in [9.17, 15) is 4.79 Å². The Hall–Kier alpha value is -2.49. The fourth-order valence-corrected chi connectivity index (χ4v) is 2.76. The van der Waals surface area contributed by atoms with E-state index in [0.29, 0.717) is 18.7 Å². The Balaban J connectivity index is 1.98. The van der Waals surface area contributed by atoms with Crippen LogP contribution in [0.2, 0.25) is 0 Å². The molecule has 1 amide bonds. The van der Waals surface area contributed by atoms with Crippen LogP contribution in [0.25, 0.3) is 0 Å². The number of aryl methyl sites for hydroxylation is 1. The first-order chi connectivity index (χ1) is 10.2. The van der Waals surface area contributed by atoms with E-state index in [4.69, 9.17) is 10.5 Å². The zero-order valence-electron chi connectivity index (χ0n) is 12.0. The van der Waals surface area contributed by atoms with Gasteiger partial charge in [0.1, 0.15) is 5.75 Å². The average Bonchev–Trinajstić information content (AvgIpc) is 2.50. The second kappa shape index (κ2) is 5.48. The number of carbonyl (C=O) groups excluding carboxylic acids is 1. The first-order valence-corrected chi connectivity index (χ1v) is 6.99. The van der Waals surface area contributed by atoms with Crippen LogP contribution in [0.3, 0.4) is 0 Å². The number of carbonyl (C=O) groups is 1. The maximum absolute atomic E-state index is 12.3. The number of nitrogens with two attached hydrogens (primary N) is 1. The van der Waals surface area contributed by atoms with E-state index in [0.717, 1.165) is 23.4 Å². The van der Waals surface area contributed by atoms with Crippen molar-refractivity contribution in [3.8, 4) is 5.75 Å². The van der Waals surface area contributed by atoms with E-state index in [1.807, 2.05) is 35.2 Å². The van der Waals surface area contributed by atoms with Gasteiger partial charge in [0, 0.05) is 23.4 Å². The first-order valence-electron chi connectivity index (χ1n) is 6.99. The number of amides is 1. The molecule has 2 N–H and O–H groups in total. The molecule has 0 spiro atoms. The molecule has 3 rings (SSSR count). The number of rotatable bonds is 3. The topological polar surface area (TPSA) is 55.6 Å². The van der Waals surface area contributed by atoms with E-state index in [1.165, 1.54) is 5.56 Å². The van der Waals surface area contributed by atoms with Gasteiger partial charge in [-0.2, -0.15) is 0 Å². The standard InChI is InChI=1S/C17H18N2O2/c1-21-16-8-7-14(18)10-13(16)11-19-15-5-3-2-4-12(15)6-9-17(19)20/h2-5,7-8,10H,6,9,11,18H2,1H3. The van der Waals surface area contributed by atoms with E-state index in [-0.39, 0.29) is 5.91 Å². The summed E-state index contributed by atoms with van der Waals surface area (Å²) in [5.74, 6) is 0.887. The summed E-state index contributed by atoms with van der Waals surface area (Å²) in [6.07, 6.45) is 1.35. The van der Waals surface area contributed by atoms with Crippen molar-refractivity contribution in [1.29, 1.82) is 0 Å². The quantitative estimate of drug-likeness (QED) is 0.881. The zero-order valence-corrected chi connectivity index (χ0v) is 12.0. The molecule has 4 nitrogen and oxygen atoms in total. The van der Waals surface area contributed by atoms with Crippen molar-refractivity contribution in [3.63, 3.8) is 0 Å². The number of hydrogen-bond acceptors (Lipinski definition) is 3. The second-order valence-corrected chi connectivity index (χ2v) is 5.18. The molecule has 0 aromatic heterocycles. The maximum Gasteiger partial charge on any atom is 0.227 e. The molecule has 0 atom stereocenters. The first kappa shape index (κ1) is 13.5. The van der Waals surface area contributed by atoms with Crippen molar-refractivity contribution >= 4 is 17.3 Å². The minimum Gasteiger partial charge on any atom is -0.496 e. The third-order valence-corrected chi connectivity index (χ3v) is 3.82. The summed E-state index contributed by atoms with van der Waals surface area (Å²) in [5, 5.41) is 0. The van der Waals surface area contributed by atoms with Gasteiger partial charge < -0.3 is 15.4 Å². The third-order valence-electron chi connectivity index (χ3n) is 3.82. The summed E-state index contributed by atoms with van der Waals surface area (Å²) in [5.41, 5.74) is 9.64. The Kier molecular flexibility index (Phi) is 3.52. The zero-order chi connectivity index (χ0) is 14.8. The van der Waals surface area contributed by atoms with Gasteiger partial charge >= 0.3 is 0 Å². The Morgan fingerprint density at radius 3 is 2.81 bits per heavy atom. The van der Waals surface area contributed by atoms with Crippen molar-refractivity contribution in [1.82, 2.24) is 0 Å². The van der Waals surface area contributed by atoms with E-state index in [2.05, 4.69) is 6.07 Å². The molecule has 0 bridgehead atoms. The average molecular weight is 282 g/mol. The fraction of sp³-hybridized carbons (Fsp3) is 0.235. The number of para-hydroxylation sites is 1. The monoisotopic (exact) mass is 282 g/mol. The fourth-order valence-electron chi connectivity index (χ4n) is 2.76. The van der Waals surface area contributed by atoms with Crippen LogP contribution in [0.15, 0.2) is 42.5 Å². The molecule has 1 aliphatic rings. The highest BCUT2D eigenvalue weighted by molar-refractivity contribution is 5.96. The third kappa shape index (κ3) is 2.57. The lowest BCUT2D eigenvalue weighted by Gasteiger charge is -2.30. The molecule has 0 radical (unpaired) electrons. The summed E-state index contributed by atoms with van der Waals surface area (Å²) in [7, 11) is 1.63. The minimum atomic E-state index is 0.137. The maximum atomic E-state index is 12.3. The molecule has 0 saturated heterocycles. The molecule has 0 fully saturated rings. The number of fused-ring (bicyclic) bond motifs is 1. The van der Waals surface area contributed by atoms with Crippen LogP contribution in [0, 0.1) is 0 Å². The molecule has 1 heterocycles. The highest BCUT2D eigenvalue weighted by Crippen LogP contribution is 2.31. The lowest BCUT2D eigenvalue weighted by Crippen LogP contribution is -2.34. The Morgan fingerprint density at radius 2 is 2.00 bits per heavy atom. The van der Waals surface area contributed by atoms with Crippen LogP contribution in [0.4, 0.5) is 11.4 Å². The highest BCUT2D eigenvalue weighted by atomic mass is 16.5. The van der Waals surface area contributed by atoms with Crippen LogP contribution in [-0.4, -0.2) is 13.0 Å². The van der Waals surface area contributed by atoms with Gasteiger partial charge in [0.2, 0.25) is 5.91 Å². The molecule has 1 aliphatic heterocycles. The SMILES string of the molecule is COc1ccc(N)cc1CN1C(=O)CCc2ccccc21. The molecule has 2 aromatic carbocycles. The van der Waals surface area contributed by atoms with Crippen molar-refractivity contribution in [2.75, 3.05) is 17.7 Å². The Labute approximate surface area is 124 Å². The molecule has 2 aromatic rings. The lowest BCUT2D eigenvalue weighted by atomic mass is 10.0. The minimum absolute atomic E-state index is 0.137. The molecule has 21 heavy (non-hydrogen) atoms. The van der Waals surface area contributed by atoms with Gasteiger partial charge in [-0.3, -0.25) is 4.79 Å². The van der Waals surface area contributed by atoms with Crippen molar-refractivity contribution in [3.05, 3.63) is 53.6 Å². The molecule has 0 aliphatic carbocycles. The van der Waals surface area contributed by atoms with E-state index < -0.39 is 0 Å². The van der Waals surface area contributed by atoms with Crippen LogP contribution >= 0.6 is 0 Å². The molecule has 4 heteroatoms. The van der Waals surface area contributed by atoms with E-state index in [1.54, 1.807) is 13.2 Å². The molecule has 0 saturated carbocycles. The predicted molar refractivity (Wildman–Crippen MR) is 83.4 cm³/mol. The highest BCUT2D eigenvalue weighted by Gasteiger charge is 2.24. The van der Waals surface area contributed by atoms with Crippen molar-refractivity contribution in [2.45, 2.75) is 19.4 Å². The normalized spacial score (nSPS) is 14.0. The van der Waals surface area contributed by atoms with Gasteiger partial charge in [0.05, 0.1) is 13.7 Å². The smallest absolute Gasteiger partial charge is 0.227 e. The van der Waals surface area contributed by atoms with Crippen molar-refractivity contribution in [2.24, 2.45) is 0 Å². The predicted octanol–water partition coefficient (Wildman–Crippen LogP) is 2.76. The number of nitrogens with zero attached hydrogens (tertiary/aromatic N) is 1. The molecule has 0 unspecified atom stereocenters. The van der Waals surface area contributed by atoms with Gasteiger partial charge in [-0.1, -0.05) is 18.2 Å². The van der Waals surface area contributed by atoms with Gasteiger partial charge in [-0.25, -0.2) is 0 Å². The molecular formula is C17H18N2O2. The van der Waals surface area contributed by atoms with Gasteiger partial charge in [0.15, 0.2) is 0 Å². The van der Waals surface area contributed by atoms with E-state index >= 15 is 0 Å². The molecular weight excluding hydrogens is 264 g/mol. The number of nitrogen functional groups attached to an aromatic ring is 1. The second-order valence-electron chi connectivity index (χ2n) is 5.18. The Bertz CT molecular complexity index is 682. The lowest BCUT2D eigenvalue weighted by molar-refractivity contribution is -0.119. The summed E-state index contributed by atoms with van der Waals surface area (Å²) < 4.78 is 5.37. The van der Waals surface area contributed by atoms with Crippen LogP contribution < -0.4 is 15.4 Å². The number of methoxy groups -OCH3 is 1. The summed E-state index contributed by atoms with van der Waals surface area (Å²) >= 11 is 0. The van der Waals surface area contributed by atoms with Gasteiger partial charge in [-0.15, -0.1) is 0 Å².